The Bertz CT molecular complexity index is 664. The van der Waals surface area contributed by atoms with Gasteiger partial charge in [-0.25, -0.2) is 4.79 Å². The van der Waals surface area contributed by atoms with E-state index in [2.05, 4.69) is 4.98 Å². The van der Waals surface area contributed by atoms with Gasteiger partial charge < -0.3 is 9.47 Å². The molecule has 2 rings (SSSR count). The molecule has 0 saturated carbocycles. The molecule has 0 spiro atoms. The van der Waals surface area contributed by atoms with E-state index in [4.69, 9.17) is 9.47 Å². The topological polar surface area (TPSA) is 65.5 Å². The Hall–Kier alpha value is -2.43. The van der Waals surface area contributed by atoms with Gasteiger partial charge in [0.05, 0.1) is 5.56 Å². The maximum Gasteiger partial charge on any atom is 0.341 e. The van der Waals surface area contributed by atoms with E-state index in [-0.39, 0.29) is 6.47 Å². The van der Waals surface area contributed by atoms with Crippen LogP contribution in [0.3, 0.4) is 0 Å². The molecule has 0 radical (unpaired) electrons. The van der Waals surface area contributed by atoms with Crippen LogP contribution in [0, 0.1) is 6.92 Å². The van der Waals surface area contributed by atoms with Gasteiger partial charge in [0.2, 0.25) is 0 Å². The van der Waals surface area contributed by atoms with Crippen LogP contribution in [0.1, 0.15) is 29.8 Å². The first-order chi connectivity index (χ1) is 9.43. The van der Waals surface area contributed by atoms with E-state index in [1.165, 1.54) is 13.8 Å². The van der Waals surface area contributed by atoms with Crippen molar-refractivity contribution in [3.05, 3.63) is 41.7 Å². The molecule has 0 atom stereocenters. The fourth-order valence-corrected chi connectivity index (χ4v) is 1.89. The molecule has 2 aromatic rings. The first-order valence-corrected chi connectivity index (χ1v) is 6.12. The predicted molar refractivity (Wildman–Crippen MR) is 73.1 cm³/mol. The Kier molecular flexibility index (Phi) is 3.70. The second-order valence-corrected chi connectivity index (χ2v) is 4.89. The van der Waals surface area contributed by atoms with Crippen molar-refractivity contribution in [1.82, 2.24) is 4.98 Å². The van der Waals surface area contributed by atoms with Crippen LogP contribution in [0.2, 0.25) is 0 Å². The highest BCUT2D eigenvalue weighted by atomic mass is 16.7. The molecule has 0 aliphatic rings. The SMILES string of the molecule is Cc1cc2cnccc2cc1C(=O)OC(C)(C)OC=O. The Morgan fingerprint density at radius 3 is 2.75 bits per heavy atom. The van der Waals surface area contributed by atoms with Gasteiger partial charge in [0.15, 0.2) is 0 Å². The number of hydrogen-bond acceptors (Lipinski definition) is 5. The third-order valence-electron chi connectivity index (χ3n) is 2.87. The van der Waals surface area contributed by atoms with Crippen molar-refractivity contribution >= 4 is 23.2 Å². The molecule has 0 amide bonds. The summed E-state index contributed by atoms with van der Waals surface area (Å²) >= 11 is 0. The van der Waals surface area contributed by atoms with Gasteiger partial charge in [0.1, 0.15) is 0 Å². The number of ether oxygens (including phenoxy) is 2. The van der Waals surface area contributed by atoms with Gasteiger partial charge in [-0.3, -0.25) is 9.78 Å². The average molecular weight is 273 g/mol. The lowest BCUT2D eigenvalue weighted by molar-refractivity contribution is -0.181. The molecule has 5 heteroatoms. The molecule has 0 fully saturated rings. The number of benzene rings is 1. The maximum absolute atomic E-state index is 12.2. The summed E-state index contributed by atoms with van der Waals surface area (Å²) in [6.45, 7) is 5.07. The number of pyridine rings is 1. The molecular weight excluding hydrogens is 258 g/mol. The van der Waals surface area contributed by atoms with E-state index in [1.807, 2.05) is 19.1 Å². The zero-order valence-electron chi connectivity index (χ0n) is 11.5. The van der Waals surface area contributed by atoms with E-state index in [0.29, 0.717) is 5.56 Å². The number of carbonyl (C=O) groups excluding carboxylic acids is 2. The fourth-order valence-electron chi connectivity index (χ4n) is 1.89. The minimum Gasteiger partial charge on any atom is -0.425 e. The fraction of sp³-hybridized carbons (Fsp3) is 0.267. The molecular formula is C15H15NO4. The van der Waals surface area contributed by atoms with Crippen molar-refractivity contribution in [2.45, 2.75) is 26.6 Å². The van der Waals surface area contributed by atoms with Gasteiger partial charge in [-0.1, -0.05) is 0 Å². The molecule has 104 valence electrons. The molecule has 20 heavy (non-hydrogen) atoms. The summed E-state index contributed by atoms with van der Waals surface area (Å²) in [5.41, 5.74) is 1.21. The van der Waals surface area contributed by atoms with Crippen molar-refractivity contribution in [3.8, 4) is 0 Å². The van der Waals surface area contributed by atoms with E-state index in [0.717, 1.165) is 16.3 Å². The molecule has 1 aromatic carbocycles. The molecule has 1 aromatic heterocycles. The standard InChI is InChI=1S/C15H15NO4/c1-10-6-12-8-16-5-4-11(12)7-13(10)14(18)20-15(2,3)19-9-17/h4-9H,1-3H3. The van der Waals surface area contributed by atoms with E-state index in [1.54, 1.807) is 18.5 Å². The zero-order valence-corrected chi connectivity index (χ0v) is 11.5. The Labute approximate surface area is 116 Å². The minimum absolute atomic E-state index is 0.256. The van der Waals surface area contributed by atoms with Crippen molar-refractivity contribution in [1.29, 1.82) is 0 Å². The van der Waals surface area contributed by atoms with Gasteiger partial charge in [0, 0.05) is 31.6 Å². The quantitative estimate of drug-likeness (QED) is 0.486. The predicted octanol–water partition coefficient (Wildman–Crippen LogP) is 2.61. The number of esters is 1. The van der Waals surface area contributed by atoms with E-state index < -0.39 is 11.8 Å². The number of aryl methyl sites for hydroxylation is 1. The number of hydrogen-bond donors (Lipinski definition) is 0. The normalized spacial score (nSPS) is 11.2. The molecule has 5 nitrogen and oxygen atoms in total. The lowest BCUT2D eigenvalue weighted by Gasteiger charge is -2.23. The summed E-state index contributed by atoms with van der Waals surface area (Å²) < 4.78 is 9.90. The van der Waals surface area contributed by atoms with Crippen LogP contribution in [0.25, 0.3) is 10.8 Å². The summed E-state index contributed by atoms with van der Waals surface area (Å²) in [4.78, 5) is 26.6. The summed E-state index contributed by atoms with van der Waals surface area (Å²) in [7, 11) is 0. The molecule has 0 aliphatic carbocycles. The third kappa shape index (κ3) is 2.93. The highest BCUT2D eigenvalue weighted by molar-refractivity contribution is 5.97. The van der Waals surface area contributed by atoms with Crippen molar-refractivity contribution < 1.29 is 19.1 Å². The Balaban J connectivity index is 2.34. The second kappa shape index (κ2) is 5.28. The van der Waals surface area contributed by atoms with Crippen molar-refractivity contribution in [2.24, 2.45) is 0 Å². The summed E-state index contributed by atoms with van der Waals surface area (Å²) in [6, 6.07) is 5.43. The number of carbonyl (C=O) groups is 2. The summed E-state index contributed by atoms with van der Waals surface area (Å²) in [5.74, 6) is -1.83. The summed E-state index contributed by atoms with van der Waals surface area (Å²) in [6.07, 6.45) is 3.39. The van der Waals surface area contributed by atoms with Crippen LogP contribution >= 0.6 is 0 Å². The number of nitrogens with zero attached hydrogens (tertiary/aromatic N) is 1. The number of aromatic nitrogens is 1. The highest BCUT2D eigenvalue weighted by Crippen LogP contribution is 2.21. The first kappa shape index (κ1) is 14.0. The van der Waals surface area contributed by atoms with Crippen LogP contribution in [-0.2, 0) is 14.3 Å². The monoisotopic (exact) mass is 273 g/mol. The van der Waals surface area contributed by atoms with E-state index >= 15 is 0 Å². The maximum atomic E-state index is 12.2. The van der Waals surface area contributed by atoms with Crippen LogP contribution in [0.4, 0.5) is 0 Å². The Morgan fingerprint density at radius 1 is 1.30 bits per heavy atom. The van der Waals surface area contributed by atoms with Crippen LogP contribution < -0.4 is 0 Å². The summed E-state index contributed by atoms with van der Waals surface area (Å²) in [5, 5.41) is 1.84. The number of rotatable bonds is 4. The van der Waals surface area contributed by atoms with Gasteiger partial charge in [0.25, 0.3) is 12.3 Å². The van der Waals surface area contributed by atoms with Gasteiger partial charge in [-0.15, -0.1) is 0 Å². The van der Waals surface area contributed by atoms with Gasteiger partial charge >= 0.3 is 5.97 Å². The largest absolute Gasteiger partial charge is 0.425 e. The average Bonchev–Trinajstić information content (AvgIpc) is 2.37. The van der Waals surface area contributed by atoms with Crippen LogP contribution in [0.5, 0.6) is 0 Å². The smallest absolute Gasteiger partial charge is 0.341 e. The van der Waals surface area contributed by atoms with Crippen molar-refractivity contribution in [3.63, 3.8) is 0 Å². The van der Waals surface area contributed by atoms with Gasteiger partial charge in [-0.05, 0) is 36.1 Å². The molecule has 0 unspecified atom stereocenters. The minimum atomic E-state index is -1.29. The molecule has 0 aliphatic heterocycles. The van der Waals surface area contributed by atoms with Crippen LogP contribution in [0.15, 0.2) is 30.6 Å². The molecule has 0 N–H and O–H groups in total. The van der Waals surface area contributed by atoms with Gasteiger partial charge in [-0.2, -0.15) is 0 Å². The van der Waals surface area contributed by atoms with Crippen LogP contribution in [-0.4, -0.2) is 23.2 Å². The molecule has 0 saturated heterocycles. The lowest BCUT2D eigenvalue weighted by Crippen LogP contribution is -2.31. The molecule has 1 heterocycles. The second-order valence-electron chi connectivity index (χ2n) is 4.89. The lowest BCUT2D eigenvalue weighted by atomic mass is 10.0. The first-order valence-electron chi connectivity index (χ1n) is 6.12. The van der Waals surface area contributed by atoms with Crippen molar-refractivity contribution in [2.75, 3.05) is 0 Å². The van der Waals surface area contributed by atoms with E-state index in [9.17, 15) is 9.59 Å². The third-order valence-corrected chi connectivity index (χ3v) is 2.87. The molecule has 0 bridgehead atoms. The zero-order chi connectivity index (χ0) is 14.8. The Morgan fingerprint density at radius 2 is 2.05 bits per heavy atom. The highest BCUT2D eigenvalue weighted by Gasteiger charge is 2.25. The number of fused-ring (bicyclic) bond motifs is 1.